The van der Waals surface area contributed by atoms with Crippen molar-refractivity contribution in [2.75, 3.05) is 38.6 Å². The van der Waals surface area contributed by atoms with Gasteiger partial charge < -0.3 is 20.1 Å². The van der Waals surface area contributed by atoms with Gasteiger partial charge in [0.1, 0.15) is 23.8 Å². The lowest BCUT2D eigenvalue weighted by molar-refractivity contribution is -0.274. The van der Waals surface area contributed by atoms with Gasteiger partial charge in [-0.05, 0) is 99.0 Å². The molecule has 2 saturated heterocycles. The highest BCUT2D eigenvalue weighted by Gasteiger charge is 2.47. The fraction of sp³-hybridized carbons (Fsp3) is 0.516. The fourth-order valence-electron chi connectivity index (χ4n) is 6.25. The van der Waals surface area contributed by atoms with Crippen molar-refractivity contribution in [3.05, 3.63) is 64.2 Å². The molecule has 5 rings (SSSR count). The Morgan fingerprint density at radius 1 is 1.02 bits per heavy atom. The van der Waals surface area contributed by atoms with Crippen molar-refractivity contribution in [2.24, 2.45) is 4.99 Å². The largest absolute Gasteiger partial charge is 0.573 e. The quantitative estimate of drug-likeness (QED) is 0.415. The van der Waals surface area contributed by atoms with E-state index in [0.29, 0.717) is 11.1 Å². The number of aliphatic imine (C=N–C) groups is 1. The summed E-state index contributed by atoms with van der Waals surface area (Å²) in [6.45, 7) is 3.43. The van der Waals surface area contributed by atoms with Gasteiger partial charge in [0.25, 0.3) is 11.8 Å². The lowest BCUT2D eigenvalue weighted by atomic mass is 9.89. The van der Waals surface area contributed by atoms with Gasteiger partial charge >= 0.3 is 6.36 Å². The second-order valence-electron chi connectivity index (χ2n) is 12.2. The van der Waals surface area contributed by atoms with Gasteiger partial charge in [0, 0.05) is 37.3 Å². The third-order valence-corrected chi connectivity index (χ3v) is 10.9. The zero-order valence-electron chi connectivity index (χ0n) is 25.5. The van der Waals surface area contributed by atoms with Crippen molar-refractivity contribution in [3.63, 3.8) is 0 Å². The number of ether oxygens (including phenoxy) is 1. The molecule has 2 amide bonds. The summed E-state index contributed by atoms with van der Waals surface area (Å²) in [4.78, 5) is 32.2. The van der Waals surface area contributed by atoms with Gasteiger partial charge in [-0.15, -0.1) is 13.2 Å². The van der Waals surface area contributed by atoms with Crippen LogP contribution < -0.4 is 10.1 Å². The van der Waals surface area contributed by atoms with Crippen LogP contribution in [-0.4, -0.2) is 96.5 Å². The molecule has 3 aliphatic rings. The van der Waals surface area contributed by atoms with Crippen LogP contribution in [0.1, 0.15) is 58.3 Å². The Balaban J connectivity index is 1.19. The Morgan fingerprint density at radius 3 is 2.15 bits per heavy atom. The molecular weight excluding hydrogens is 632 g/mol. The second kappa shape index (κ2) is 12.6. The molecule has 15 heteroatoms. The summed E-state index contributed by atoms with van der Waals surface area (Å²) in [5, 5.41) is 12.8. The van der Waals surface area contributed by atoms with Crippen LogP contribution in [0.2, 0.25) is 0 Å². The summed E-state index contributed by atoms with van der Waals surface area (Å²) in [5.41, 5.74) is 0.654. The minimum atomic E-state index is -4.83. The minimum Gasteiger partial charge on any atom is -0.406 e. The van der Waals surface area contributed by atoms with E-state index in [1.54, 1.807) is 17.0 Å². The van der Waals surface area contributed by atoms with Crippen LogP contribution in [0.3, 0.4) is 0 Å². The third-order valence-electron chi connectivity index (χ3n) is 9.07. The van der Waals surface area contributed by atoms with Crippen LogP contribution >= 0.6 is 0 Å². The number of halogens is 4. The smallest absolute Gasteiger partial charge is 0.406 e. The van der Waals surface area contributed by atoms with E-state index >= 15 is 0 Å². The number of aliphatic hydroxyl groups is 1. The number of hydrogen-bond acceptors (Lipinski definition) is 7. The molecule has 0 bridgehead atoms. The van der Waals surface area contributed by atoms with Crippen molar-refractivity contribution in [1.29, 1.82) is 0 Å². The topological polar surface area (TPSA) is 129 Å². The Hall–Kier alpha value is -3.56. The van der Waals surface area contributed by atoms with E-state index in [1.165, 1.54) is 16.4 Å². The highest BCUT2D eigenvalue weighted by molar-refractivity contribution is 7.89. The number of sulfonamides is 1. The highest BCUT2D eigenvalue weighted by atomic mass is 32.2. The Bertz CT molecular complexity index is 1610. The molecule has 1 spiro atoms. The van der Waals surface area contributed by atoms with Crippen LogP contribution in [0.5, 0.6) is 5.75 Å². The number of nitrogens with one attached hydrogen (secondary N) is 1. The summed E-state index contributed by atoms with van der Waals surface area (Å²) in [7, 11) is -3.70. The monoisotopic (exact) mass is 668 g/mol. The molecule has 46 heavy (non-hydrogen) atoms. The van der Waals surface area contributed by atoms with Crippen molar-refractivity contribution in [3.8, 4) is 5.75 Å². The molecular formula is C31H36F4N4O6S. The number of carbonyl (C=O) groups excluding carboxylic acids is 2. The van der Waals surface area contributed by atoms with Gasteiger partial charge in [-0.2, -0.15) is 0 Å². The van der Waals surface area contributed by atoms with Gasteiger partial charge in [-0.1, -0.05) is 0 Å². The highest BCUT2D eigenvalue weighted by Crippen LogP contribution is 2.33. The standard InChI is InChI=1S/C31H36F4N4O6S/c1-20-17-23(27(40)38-12-8-29(42,19-32)9-13-38)18-21(2)25(20)7-16-46(43,44)39-14-10-30(11-15-39)28(41)36-26(37-30)22-3-5-24(6-4-22)45-31(33,34)35/h3-6,17-18,42H,7-16,19H2,1-2H3,(H,36,37,41). The number of aryl methyl sites for hydroxylation is 2. The molecule has 2 fully saturated rings. The minimum absolute atomic E-state index is 0.0731. The van der Waals surface area contributed by atoms with Crippen molar-refractivity contribution in [2.45, 2.75) is 63.5 Å². The fourth-order valence-corrected chi connectivity index (χ4v) is 7.71. The zero-order valence-corrected chi connectivity index (χ0v) is 26.3. The van der Waals surface area contributed by atoms with E-state index in [-0.39, 0.29) is 75.8 Å². The molecule has 0 aliphatic carbocycles. The van der Waals surface area contributed by atoms with Gasteiger partial charge in [-0.25, -0.2) is 17.1 Å². The number of rotatable bonds is 8. The van der Waals surface area contributed by atoms with Gasteiger partial charge in [-0.3, -0.25) is 14.6 Å². The van der Waals surface area contributed by atoms with Gasteiger partial charge in [0.05, 0.1) is 11.4 Å². The number of amides is 2. The van der Waals surface area contributed by atoms with E-state index < -0.39 is 45.9 Å². The number of piperidine rings is 2. The molecule has 2 aromatic carbocycles. The summed E-state index contributed by atoms with van der Waals surface area (Å²) in [6, 6.07) is 8.40. The number of hydrogen-bond donors (Lipinski definition) is 2. The molecule has 0 unspecified atom stereocenters. The molecule has 0 saturated carbocycles. The maximum Gasteiger partial charge on any atom is 0.573 e. The van der Waals surface area contributed by atoms with Gasteiger partial charge in [0.15, 0.2) is 0 Å². The lowest BCUT2D eigenvalue weighted by Gasteiger charge is -2.36. The molecule has 2 aromatic rings. The first-order valence-electron chi connectivity index (χ1n) is 15.0. The van der Waals surface area contributed by atoms with Crippen LogP contribution in [-0.2, 0) is 21.2 Å². The first-order valence-corrected chi connectivity index (χ1v) is 16.6. The molecule has 0 atom stereocenters. The molecule has 3 aliphatic heterocycles. The molecule has 3 heterocycles. The lowest BCUT2D eigenvalue weighted by Crippen LogP contribution is -2.50. The maximum absolute atomic E-state index is 13.3. The number of benzene rings is 2. The Morgan fingerprint density at radius 2 is 1.61 bits per heavy atom. The van der Waals surface area contributed by atoms with Crippen molar-refractivity contribution in [1.82, 2.24) is 14.5 Å². The summed E-state index contributed by atoms with van der Waals surface area (Å²) in [5.74, 6) is -0.983. The summed E-state index contributed by atoms with van der Waals surface area (Å²) in [6.07, 6.45) is -3.99. The van der Waals surface area contributed by atoms with Crippen molar-refractivity contribution >= 4 is 27.7 Å². The number of likely N-dealkylation sites (tertiary alicyclic amines) is 1. The van der Waals surface area contributed by atoms with E-state index in [2.05, 4.69) is 15.0 Å². The zero-order chi connectivity index (χ0) is 33.5. The van der Waals surface area contributed by atoms with Crippen LogP contribution in [0.4, 0.5) is 17.6 Å². The van der Waals surface area contributed by atoms with E-state index in [4.69, 9.17) is 0 Å². The van der Waals surface area contributed by atoms with E-state index in [9.17, 15) is 40.7 Å². The number of amidine groups is 1. The average Bonchev–Trinajstić information content (AvgIpc) is 3.31. The molecule has 250 valence electrons. The molecule has 2 N–H and O–H groups in total. The molecule has 10 nitrogen and oxygen atoms in total. The first-order chi connectivity index (χ1) is 21.5. The predicted octanol–water partition coefficient (Wildman–Crippen LogP) is 3.42. The molecule has 0 aromatic heterocycles. The number of alkyl halides is 4. The maximum atomic E-state index is 13.3. The van der Waals surface area contributed by atoms with E-state index in [0.717, 1.165) is 28.8 Å². The Labute approximate surface area is 264 Å². The summed E-state index contributed by atoms with van der Waals surface area (Å²) < 4.78 is 82.4. The number of nitrogens with zero attached hydrogens (tertiary/aromatic N) is 3. The van der Waals surface area contributed by atoms with Crippen LogP contribution in [0.15, 0.2) is 41.4 Å². The van der Waals surface area contributed by atoms with Crippen molar-refractivity contribution < 1.29 is 45.4 Å². The van der Waals surface area contributed by atoms with E-state index in [1.807, 2.05) is 13.8 Å². The molecule has 0 radical (unpaired) electrons. The van der Waals surface area contributed by atoms with Gasteiger partial charge in [0.2, 0.25) is 10.0 Å². The first kappa shape index (κ1) is 33.8. The summed E-state index contributed by atoms with van der Waals surface area (Å²) >= 11 is 0. The third kappa shape index (κ3) is 7.20. The SMILES string of the molecule is Cc1cc(C(=O)N2CCC(O)(CF)CC2)cc(C)c1CCS(=O)(=O)N1CCC2(CC1)N=C(c1ccc(OC(F)(F)F)cc1)NC2=O. The normalized spacial score (nSPS) is 20.0. The predicted molar refractivity (Wildman–Crippen MR) is 161 cm³/mol. The second-order valence-corrected chi connectivity index (χ2v) is 14.3. The average molecular weight is 669 g/mol. The van der Waals surface area contributed by atoms with Crippen LogP contribution in [0.25, 0.3) is 0 Å². The Kier molecular flexibility index (Phi) is 9.23. The number of carbonyl (C=O) groups is 2. The van der Waals surface area contributed by atoms with Crippen LogP contribution in [0, 0.1) is 13.8 Å².